The number of hydrogen-bond donors (Lipinski definition) is 1. The summed E-state index contributed by atoms with van der Waals surface area (Å²) in [6.07, 6.45) is 0.599. The molecule has 2 aromatic carbocycles. The maximum absolute atomic E-state index is 13.7. The van der Waals surface area contributed by atoms with Crippen LogP contribution in [0.5, 0.6) is 0 Å². The second-order valence-electron chi connectivity index (χ2n) is 6.87. The lowest BCUT2D eigenvalue weighted by Gasteiger charge is -2.26. The van der Waals surface area contributed by atoms with Gasteiger partial charge in [-0.15, -0.1) is 0 Å². The Bertz CT molecular complexity index is 1020. The van der Waals surface area contributed by atoms with Gasteiger partial charge in [0.1, 0.15) is 5.82 Å². The highest BCUT2D eigenvalue weighted by atomic mass is 32.2. The topological polar surface area (TPSA) is 88.1 Å². The average Bonchev–Trinajstić information content (AvgIpc) is 2.77. The van der Waals surface area contributed by atoms with Crippen molar-refractivity contribution in [3.05, 3.63) is 65.5 Å². The average molecular weight is 434 g/mol. The van der Waals surface area contributed by atoms with Gasteiger partial charge in [0.15, 0.2) is 0 Å². The van der Waals surface area contributed by atoms with Gasteiger partial charge in [-0.25, -0.2) is 18.2 Å². The van der Waals surface area contributed by atoms with Crippen LogP contribution in [0.2, 0.25) is 0 Å². The monoisotopic (exact) mass is 433 g/mol. The molecule has 0 atom stereocenters. The van der Waals surface area contributed by atoms with Gasteiger partial charge >= 0.3 is 0 Å². The van der Waals surface area contributed by atoms with E-state index in [0.717, 1.165) is 5.56 Å². The Balaban J connectivity index is 1.54. The third kappa shape index (κ3) is 5.50. The first-order chi connectivity index (χ1) is 14.4. The van der Waals surface area contributed by atoms with Gasteiger partial charge in [0, 0.05) is 25.1 Å². The molecule has 1 fully saturated rings. The Morgan fingerprint density at radius 1 is 1.13 bits per heavy atom. The molecule has 0 aromatic heterocycles. The minimum absolute atomic E-state index is 0.170. The molecule has 1 amide bonds. The van der Waals surface area contributed by atoms with Gasteiger partial charge in [-0.3, -0.25) is 4.79 Å². The molecule has 1 N–H and O–H groups in total. The molecule has 3 rings (SSSR count). The summed E-state index contributed by atoms with van der Waals surface area (Å²) in [4.78, 5) is 12.3. The van der Waals surface area contributed by atoms with Crippen LogP contribution < -0.4 is 5.43 Å². The Morgan fingerprint density at radius 2 is 1.80 bits per heavy atom. The SMILES string of the molecule is C/C(=N\NC(=O)CCc1ccc(S(=O)(=O)N2CCOCC2)cc1)c1ccccc1F. The number of sulfonamides is 1. The van der Waals surface area contributed by atoms with Crippen LogP contribution in [0.1, 0.15) is 24.5 Å². The first-order valence-electron chi connectivity index (χ1n) is 9.63. The summed E-state index contributed by atoms with van der Waals surface area (Å²) in [5.74, 6) is -0.712. The number of rotatable bonds is 7. The Morgan fingerprint density at radius 3 is 2.47 bits per heavy atom. The van der Waals surface area contributed by atoms with E-state index in [4.69, 9.17) is 4.74 Å². The summed E-state index contributed by atoms with van der Waals surface area (Å²) >= 11 is 0. The molecule has 0 bridgehead atoms. The fourth-order valence-electron chi connectivity index (χ4n) is 3.04. The van der Waals surface area contributed by atoms with Gasteiger partial charge in [-0.2, -0.15) is 9.41 Å². The number of benzene rings is 2. The Labute approximate surface area is 175 Å². The number of nitrogens with one attached hydrogen (secondary N) is 1. The molecule has 1 aliphatic rings. The zero-order chi connectivity index (χ0) is 21.6. The lowest BCUT2D eigenvalue weighted by atomic mass is 10.1. The van der Waals surface area contributed by atoms with Crippen LogP contribution in [-0.2, 0) is 26.0 Å². The molecule has 30 heavy (non-hydrogen) atoms. The first kappa shape index (κ1) is 22.1. The second kappa shape index (κ2) is 9.92. The summed E-state index contributed by atoms with van der Waals surface area (Å²) in [6.45, 7) is 3.09. The molecule has 7 nitrogen and oxygen atoms in total. The number of nitrogens with zero attached hydrogens (tertiary/aromatic N) is 2. The molecule has 160 valence electrons. The van der Waals surface area contributed by atoms with Crippen molar-refractivity contribution in [2.45, 2.75) is 24.7 Å². The van der Waals surface area contributed by atoms with E-state index in [9.17, 15) is 17.6 Å². The van der Waals surface area contributed by atoms with Crippen molar-refractivity contribution in [1.82, 2.24) is 9.73 Å². The van der Waals surface area contributed by atoms with Crippen LogP contribution in [-0.4, -0.2) is 50.6 Å². The van der Waals surface area contributed by atoms with E-state index in [1.54, 1.807) is 49.4 Å². The molecule has 2 aromatic rings. The van der Waals surface area contributed by atoms with E-state index in [2.05, 4.69) is 10.5 Å². The van der Waals surface area contributed by atoms with Crippen LogP contribution in [0.4, 0.5) is 4.39 Å². The summed E-state index contributed by atoms with van der Waals surface area (Å²) in [7, 11) is -3.53. The predicted molar refractivity (Wildman–Crippen MR) is 111 cm³/mol. The highest BCUT2D eigenvalue weighted by molar-refractivity contribution is 7.89. The van der Waals surface area contributed by atoms with Crippen LogP contribution in [0.3, 0.4) is 0 Å². The third-order valence-corrected chi connectivity index (χ3v) is 6.70. The van der Waals surface area contributed by atoms with Gasteiger partial charge in [0.25, 0.3) is 0 Å². The molecule has 1 aliphatic heterocycles. The summed E-state index contributed by atoms with van der Waals surface area (Å²) in [5, 5.41) is 3.95. The molecule has 0 aliphatic carbocycles. The van der Waals surface area contributed by atoms with Gasteiger partial charge in [0.2, 0.25) is 15.9 Å². The summed E-state index contributed by atoms with van der Waals surface area (Å²) in [6, 6.07) is 12.7. The van der Waals surface area contributed by atoms with Crippen molar-refractivity contribution in [3.8, 4) is 0 Å². The van der Waals surface area contributed by atoms with Crippen LogP contribution in [0.25, 0.3) is 0 Å². The fourth-order valence-corrected chi connectivity index (χ4v) is 4.45. The van der Waals surface area contributed by atoms with Crippen molar-refractivity contribution in [3.63, 3.8) is 0 Å². The van der Waals surface area contributed by atoms with Crippen LogP contribution >= 0.6 is 0 Å². The zero-order valence-electron chi connectivity index (χ0n) is 16.7. The minimum Gasteiger partial charge on any atom is -0.379 e. The number of halogens is 1. The first-order valence-corrected chi connectivity index (χ1v) is 11.1. The molecule has 9 heteroatoms. The highest BCUT2D eigenvalue weighted by Crippen LogP contribution is 2.18. The fraction of sp³-hybridized carbons (Fsp3) is 0.333. The molecule has 0 radical (unpaired) electrons. The maximum Gasteiger partial charge on any atom is 0.243 e. The van der Waals surface area contributed by atoms with Crippen LogP contribution in [0, 0.1) is 5.82 Å². The number of carbonyl (C=O) groups excluding carboxylic acids is 1. The second-order valence-corrected chi connectivity index (χ2v) is 8.81. The quantitative estimate of drug-likeness (QED) is 0.536. The number of hydrogen-bond acceptors (Lipinski definition) is 5. The van der Waals surface area contributed by atoms with E-state index in [1.165, 1.54) is 10.4 Å². The third-order valence-electron chi connectivity index (χ3n) is 4.78. The number of carbonyl (C=O) groups is 1. The predicted octanol–water partition coefficient (Wildman–Crippen LogP) is 2.32. The van der Waals surface area contributed by atoms with Gasteiger partial charge in [-0.05, 0) is 37.1 Å². The minimum atomic E-state index is -3.53. The normalized spacial score (nSPS) is 15.7. The largest absolute Gasteiger partial charge is 0.379 e. The smallest absolute Gasteiger partial charge is 0.243 e. The van der Waals surface area contributed by atoms with Crippen molar-refractivity contribution in [2.75, 3.05) is 26.3 Å². The number of hydrazone groups is 1. The van der Waals surface area contributed by atoms with E-state index >= 15 is 0 Å². The van der Waals surface area contributed by atoms with E-state index in [-0.39, 0.29) is 17.2 Å². The van der Waals surface area contributed by atoms with Gasteiger partial charge in [0.05, 0.1) is 23.8 Å². The van der Waals surface area contributed by atoms with Crippen LogP contribution in [0.15, 0.2) is 58.5 Å². The lowest BCUT2D eigenvalue weighted by Crippen LogP contribution is -2.40. The Hall–Kier alpha value is -2.62. The molecule has 0 unspecified atom stereocenters. The standard InChI is InChI=1S/C21H24FN3O4S/c1-16(19-4-2-3-5-20(19)22)23-24-21(26)11-8-17-6-9-18(10-7-17)30(27,28)25-12-14-29-15-13-25/h2-7,9-10H,8,11-15H2,1H3,(H,24,26)/b23-16+. The summed E-state index contributed by atoms with van der Waals surface area (Å²) in [5.41, 5.74) is 3.96. The summed E-state index contributed by atoms with van der Waals surface area (Å²) < 4.78 is 45.6. The Kier molecular flexibility index (Phi) is 7.30. The molecule has 0 saturated carbocycles. The van der Waals surface area contributed by atoms with E-state index in [0.29, 0.717) is 44.0 Å². The van der Waals surface area contributed by atoms with Gasteiger partial charge in [-0.1, -0.05) is 30.3 Å². The molecular formula is C21H24FN3O4S. The van der Waals surface area contributed by atoms with Crippen molar-refractivity contribution in [1.29, 1.82) is 0 Å². The van der Waals surface area contributed by atoms with Crippen molar-refractivity contribution >= 4 is 21.6 Å². The van der Waals surface area contributed by atoms with Crippen molar-refractivity contribution < 1.29 is 22.3 Å². The molecule has 0 spiro atoms. The zero-order valence-corrected chi connectivity index (χ0v) is 17.5. The number of amides is 1. The maximum atomic E-state index is 13.7. The number of aryl methyl sites for hydroxylation is 1. The van der Waals surface area contributed by atoms with E-state index < -0.39 is 15.8 Å². The lowest BCUT2D eigenvalue weighted by molar-refractivity contribution is -0.121. The number of morpholine rings is 1. The molecule has 1 saturated heterocycles. The highest BCUT2D eigenvalue weighted by Gasteiger charge is 2.26. The number of ether oxygens (including phenoxy) is 1. The van der Waals surface area contributed by atoms with E-state index in [1.807, 2.05) is 0 Å². The molecule has 1 heterocycles. The molecular weight excluding hydrogens is 409 g/mol. The van der Waals surface area contributed by atoms with Crippen molar-refractivity contribution in [2.24, 2.45) is 5.10 Å². The van der Waals surface area contributed by atoms with Gasteiger partial charge < -0.3 is 4.74 Å².